The van der Waals surface area contributed by atoms with Gasteiger partial charge >= 0.3 is 5.97 Å². The standard InChI is InChI=1S/C20H19BrClN3O5/c21-15-10-9-14(11-16(15)22)23-18(27)12-30-19(28)8-4-7-17(26)24-25-20(29)13-5-2-1-3-6-13/h1-3,5-6,9-11H,4,7-8,12H2,(H,23,27)(H,24,26)(H,25,29). The topological polar surface area (TPSA) is 114 Å². The maximum absolute atomic E-state index is 11.8. The number of hydrogen-bond donors (Lipinski definition) is 3. The van der Waals surface area contributed by atoms with E-state index >= 15 is 0 Å². The first-order chi connectivity index (χ1) is 14.3. The number of carbonyl (C=O) groups excluding carboxylic acids is 4. The third-order valence-corrected chi connectivity index (χ3v) is 4.94. The third-order valence-electron chi connectivity index (χ3n) is 3.70. The number of rotatable bonds is 8. The van der Waals surface area contributed by atoms with Gasteiger partial charge in [0.2, 0.25) is 5.91 Å². The molecule has 10 heteroatoms. The van der Waals surface area contributed by atoms with Gasteiger partial charge in [0.05, 0.1) is 5.02 Å². The number of hydrazine groups is 1. The molecule has 2 rings (SSSR count). The summed E-state index contributed by atoms with van der Waals surface area (Å²) in [6, 6.07) is 13.3. The molecule has 3 N–H and O–H groups in total. The second-order valence-electron chi connectivity index (χ2n) is 6.06. The van der Waals surface area contributed by atoms with Gasteiger partial charge in [-0.15, -0.1) is 0 Å². The van der Waals surface area contributed by atoms with Crippen molar-refractivity contribution < 1.29 is 23.9 Å². The van der Waals surface area contributed by atoms with Gasteiger partial charge in [0.1, 0.15) is 0 Å². The van der Waals surface area contributed by atoms with Gasteiger partial charge < -0.3 is 10.1 Å². The Labute approximate surface area is 186 Å². The number of esters is 1. The van der Waals surface area contributed by atoms with E-state index in [0.29, 0.717) is 20.7 Å². The summed E-state index contributed by atoms with van der Waals surface area (Å²) in [5, 5.41) is 2.99. The van der Waals surface area contributed by atoms with Gasteiger partial charge in [-0.3, -0.25) is 30.0 Å². The number of hydrogen-bond acceptors (Lipinski definition) is 5. The van der Waals surface area contributed by atoms with Gasteiger partial charge in [0, 0.05) is 28.6 Å². The zero-order valence-corrected chi connectivity index (χ0v) is 18.1. The van der Waals surface area contributed by atoms with Crippen molar-refractivity contribution in [2.24, 2.45) is 0 Å². The van der Waals surface area contributed by atoms with Crippen molar-refractivity contribution in [1.29, 1.82) is 0 Å². The monoisotopic (exact) mass is 495 g/mol. The molecule has 0 saturated heterocycles. The van der Waals surface area contributed by atoms with Gasteiger partial charge in [-0.2, -0.15) is 0 Å². The molecule has 0 heterocycles. The summed E-state index contributed by atoms with van der Waals surface area (Å²) in [5.74, 6) is -2.01. The summed E-state index contributed by atoms with van der Waals surface area (Å²) < 4.78 is 5.57. The molecular weight excluding hydrogens is 478 g/mol. The van der Waals surface area contributed by atoms with Crippen molar-refractivity contribution in [3.05, 3.63) is 63.6 Å². The Balaban J connectivity index is 1.60. The van der Waals surface area contributed by atoms with Gasteiger partial charge in [0.15, 0.2) is 6.61 Å². The summed E-state index contributed by atoms with van der Waals surface area (Å²) in [5.41, 5.74) is 5.44. The number of anilines is 1. The largest absolute Gasteiger partial charge is 0.456 e. The third kappa shape index (κ3) is 8.22. The Morgan fingerprint density at radius 1 is 0.933 bits per heavy atom. The average Bonchev–Trinajstić information content (AvgIpc) is 2.74. The van der Waals surface area contributed by atoms with E-state index in [1.54, 1.807) is 48.5 Å². The predicted octanol–water partition coefficient (Wildman–Crippen LogP) is 3.22. The van der Waals surface area contributed by atoms with Gasteiger partial charge in [-0.05, 0) is 52.7 Å². The van der Waals surface area contributed by atoms with Crippen molar-refractivity contribution in [3.63, 3.8) is 0 Å². The van der Waals surface area contributed by atoms with Gasteiger partial charge in [0.25, 0.3) is 11.8 Å². The van der Waals surface area contributed by atoms with E-state index in [9.17, 15) is 19.2 Å². The number of amides is 3. The SMILES string of the molecule is O=C(CCCC(=O)OCC(=O)Nc1ccc(Br)c(Cl)c1)NNC(=O)c1ccccc1. The maximum Gasteiger partial charge on any atom is 0.306 e. The second-order valence-corrected chi connectivity index (χ2v) is 7.32. The first-order valence-corrected chi connectivity index (χ1v) is 10.1. The number of carbonyl (C=O) groups is 4. The van der Waals surface area contributed by atoms with Crippen molar-refractivity contribution in [3.8, 4) is 0 Å². The first-order valence-electron chi connectivity index (χ1n) is 8.90. The highest BCUT2D eigenvalue weighted by molar-refractivity contribution is 9.10. The summed E-state index contributed by atoms with van der Waals surface area (Å²) in [6.45, 7) is -0.453. The van der Waals surface area contributed by atoms with Crippen molar-refractivity contribution in [2.45, 2.75) is 19.3 Å². The molecule has 0 unspecified atom stereocenters. The van der Waals surface area contributed by atoms with E-state index in [2.05, 4.69) is 32.1 Å². The molecular formula is C20H19BrClN3O5. The molecule has 0 aliphatic heterocycles. The van der Waals surface area contributed by atoms with Crippen molar-refractivity contribution in [2.75, 3.05) is 11.9 Å². The molecule has 0 radical (unpaired) electrons. The molecule has 2 aromatic rings. The minimum absolute atomic E-state index is 0.00770. The van der Waals surface area contributed by atoms with Crippen LogP contribution < -0.4 is 16.2 Å². The minimum Gasteiger partial charge on any atom is -0.456 e. The summed E-state index contributed by atoms with van der Waals surface area (Å²) in [7, 11) is 0. The van der Waals surface area contributed by atoms with Crippen molar-refractivity contribution >= 4 is 56.9 Å². The molecule has 0 aliphatic carbocycles. The van der Waals surface area contributed by atoms with E-state index in [1.807, 2.05) is 0 Å². The fraction of sp³-hybridized carbons (Fsp3) is 0.200. The molecule has 0 aromatic heterocycles. The lowest BCUT2D eigenvalue weighted by molar-refractivity contribution is -0.147. The van der Waals surface area contributed by atoms with Crippen LogP contribution >= 0.6 is 27.5 Å². The summed E-state index contributed by atoms with van der Waals surface area (Å²) >= 11 is 9.18. The minimum atomic E-state index is -0.611. The van der Waals surface area contributed by atoms with Crippen LogP contribution in [-0.2, 0) is 19.1 Å². The van der Waals surface area contributed by atoms with E-state index in [4.69, 9.17) is 16.3 Å². The van der Waals surface area contributed by atoms with Crippen LogP contribution in [0.3, 0.4) is 0 Å². The van der Waals surface area contributed by atoms with Gasteiger partial charge in [-0.1, -0.05) is 29.8 Å². The highest BCUT2D eigenvalue weighted by Crippen LogP contribution is 2.25. The zero-order chi connectivity index (χ0) is 21.9. The van der Waals surface area contributed by atoms with Crippen LogP contribution in [0.4, 0.5) is 5.69 Å². The predicted molar refractivity (Wildman–Crippen MR) is 115 cm³/mol. The van der Waals surface area contributed by atoms with Crippen molar-refractivity contribution in [1.82, 2.24) is 10.9 Å². The van der Waals surface area contributed by atoms with Crippen LogP contribution in [-0.4, -0.2) is 30.3 Å². The lowest BCUT2D eigenvalue weighted by Crippen LogP contribution is -2.41. The molecule has 158 valence electrons. The van der Waals surface area contributed by atoms with E-state index < -0.39 is 30.3 Å². The molecule has 8 nitrogen and oxygen atoms in total. The fourth-order valence-electron chi connectivity index (χ4n) is 2.23. The fourth-order valence-corrected chi connectivity index (χ4v) is 2.66. The second kappa shape index (κ2) is 11.9. The maximum atomic E-state index is 11.8. The van der Waals surface area contributed by atoms with E-state index in [0.717, 1.165) is 0 Å². The van der Waals surface area contributed by atoms with Crippen LogP contribution in [0.1, 0.15) is 29.6 Å². The molecule has 0 spiro atoms. The molecule has 0 saturated carbocycles. The highest BCUT2D eigenvalue weighted by atomic mass is 79.9. The Morgan fingerprint density at radius 2 is 1.67 bits per heavy atom. The Kier molecular flexibility index (Phi) is 9.30. The summed E-state index contributed by atoms with van der Waals surface area (Å²) in [4.78, 5) is 47.0. The highest BCUT2D eigenvalue weighted by Gasteiger charge is 2.11. The molecule has 3 amide bonds. The normalized spacial score (nSPS) is 10.1. The van der Waals surface area contributed by atoms with Crippen LogP contribution in [0, 0.1) is 0 Å². The van der Waals surface area contributed by atoms with E-state index in [1.165, 1.54) is 0 Å². The number of nitrogens with one attached hydrogen (secondary N) is 3. The Morgan fingerprint density at radius 3 is 2.37 bits per heavy atom. The number of benzene rings is 2. The van der Waals surface area contributed by atoms with Gasteiger partial charge in [-0.25, -0.2) is 0 Å². The smallest absolute Gasteiger partial charge is 0.306 e. The Hall–Kier alpha value is -2.91. The van der Waals surface area contributed by atoms with Crippen LogP contribution in [0.5, 0.6) is 0 Å². The number of ether oxygens (including phenoxy) is 1. The molecule has 0 atom stereocenters. The average molecular weight is 497 g/mol. The van der Waals surface area contributed by atoms with Crippen LogP contribution in [0.2, 0.25) is 5.02 Å². The lowest BCUT2D eigenvalue weighted by atomic mass is 10.2. The molecule has 0 bridgehead atoms. The lowest BCUT2D eigenvalue weighted by Gasteiger charge is -2.08. The van der Waals surface area contributed by atoms with Crippen LogP contribution in [0.15, 0.2) is 53.0 Å². The van der Waals surface area contributed by atoms with Crippen LogP contribution in [0.25, 0.3) is 0 Å². The molecule has 0 aliphatic rings. The zero-order valence-electron chi connectivity index (χ0n) is 15.7. The van der Waals surface area contributed by atoms with E-state index in [-0.39, 0.29) is 19.3 Å². The first kappa shape index (κ1) is 23.4. The molecule has 0 fully saturated rings. The molecule has 30 heavy (non-hydrogen) atoms. The summed E-state index contributed by atoms with van der Waals surface area (Å²) in [6.07, 6.45) is 0.168. The molecule has 2 aromatic carbocycles. The Bertz CT molecular complexity index is 924. The number of halogens is 2. The quantitative estimate of drug-likeness (QED) is 0.384.